The van der Waals surface area contributed by atoms with Crippen LogP contribution in [0.4, 0.5) is 0 Å². The zero-order valence-corrected chi connectivity index (χ0v) is 18.0. The number of hydrogen-bond donors (Lipinski definition) is 1. The van der Waals surface area contributed by atoms with Gasteiger partial charge in [0.2, 0.25) is 5.89 Å². The Morgan fingerprint density at radius 1 is 1.24 bits per heavy atom. The summed E-state index contributed by atoms with van der Waals surface area (Å²) in [4.78, 5) is 24.0. The Hall–Kier alpha value is -2.06. The molecule has 0 bridgehead atoms. The van der Waals surface area contributed by atoms with E-state index >= 15 is 0 Å². The van der Waals surface area contributed by atoms with E-state index in [0.717, 1.165) is 30.2 Å². The van der Waals surface area contributed by atoms with Crippen molar-refractivity contribution >= 4 is 35.2 Å². The van der Waals surface area contributed by atoms with Gasteiger partial charge >= 0.3 is 5.97 Å². The van der Waals surface area contributed by atoms with Gasteiger partial charge in [-0.15, -0.1) is 10.2 Å². The van der Waals surface area contributed by atoms with Crippen LogP contribution < -0.4 is 5.32 Å². The maximum Gasteiger partial charge on any atom is 0.316 e. The molecule has 29 heavy (non-hydrogen) atoms. The molecule has 0 saturated heterocycles. The first-order valence-corrected chi connectivity index (χ1v) is 11.0. The van der Waals surface area contributed by atoms with Crippen molar-refractivity contribution in [3.05, 3.63) is 29.3 Å². The third kappa shape index (κ3) is 6.21. The second-order valence-corrected chi connectivity index (χ2v) is 8.63. The van der Waals surface area contributed by atoms with E-state index in [9.17, 15) is 9.59 Å². The summed E-state index contributed by atoms with van der Waals surface area (Å²) in [6.45, 7) is 4.08. The largest absolute Gasteiger partial charge is 0.455 e. The van der Waals surface area contributed by atoms with Crippen molar-refractivity contribution in [1.82, 2.24) is 15.5 Å². The van der Waals surface area contributed by atoms with Gasteiger partial charge in [-0.05, 0) is 42.5 Å². The van der Waals surface area contributed by atoms with Crippen LogP contribution >= 0.6 is 23.4 Å². The predicted molar refractivity (Wildman–Crippen MR) is 111 cm³/mol. The minimum absolute atomic E-state index is 0.0214. The minimum Gasteiger partial charge on any atom is -0.455 e. The highest BCUT2D eigenvalue weighted by atomic mass is 35.5. The van der Waals surface area contributed by atoms with E-state index in [1.54, 1.807) is 24.3 Å². The van der Waals surface area contributed by atoms with Crippen LogP contribution in [0.2, 0.25) is 5.02 Å². The minimum atomic E-state index is -0.513. The average Bonchev–Trinajstić information content (AvgIpc) is 3.18. The summed E-state index contributed by atoms with van der Waals surface area (Å²) in [5.41, 5.74) is 0.735. The van der Waals surface area contributed by atoms with Crippen molar-refractivity contribution in [1.29, 1.82) is 0 Å². The first kappa shape index (κ1) is 21.6. The quantitative estimate of drug-likeness (QED) is 0.517. The number of esters is 1. The summed E-state index contributed by atoms with van der Waals surface area (Å²) in [5, 5.41) is 11.7. The number of thioether (sulfide) groups is 1. The molecule has 0 radical (unpaired) electrons. The monoisotopic (exact) mass is 437 g/mol. The predicted octanol–water partition coefficient (Wildman–Crippen LogP) is 3.97. The molecule has 0 spiro atoms. The van der Waals surface area contributed by atoms with Gasteiger partial charge in [-0.25, -0.2) is 0 Å². The Bertz CT molecular complexity index is 843. The Morgan fingerprint density at radius 2 is 2.00 bits per heavy atom. The number of rotatable bonds is 7. The number of nitrogens with zero attached hydrogens (tertiary/aromatic N) is 2. The van der Waals surface area contributed by atoms with Gasteiger partial charge in [-0.2, -0.15) is 0 Å². The third-order valence-electron chi connectivity index (χ3n) is 5.23. The second-order valence-electron chi connectivity index (χ2n) is 7.27. The lowest BCUT2D eigenvalue weighted by atomic mass is 9.78. The van der Waals surface area contributed by atoms with Gasteiger partial charge in [0.15, 0.2) is 6.61 Å². The number of carbonyl (C=O) groups excluding carboxylic acids is 2. The van der Waals surface area contributed by atoms with Crippen molar-refractivity contribution in [2.24, 2.45) is 11.8 Å². The molecule has 3 atom stereocenters. The number of halogens is 1. The van der Waals surface area contributed by atoms with Gasteiger partial charge in [0, 0.05) is 16.6 Å². The van der Waals surface area contributed by atoms with E-state index in [-0.39, 0.29) is 29.5 Å². The molecule has 1 saturated carbocycles. The van der Waals surface area contributed by atoms with Crippen LogP contribution in [-0.4, -0.2) is 40.5 Å². The normalized spacial score (nSPS) is 21.6. The van der Waals surface area contributed by atoms with Crippen molar-refractivity contribution in [3.8, 4) is 11.5 Å². The molecule has 1 N–H and O–H groups in total. The Kier molecular flexibility index (Phi) is 7.55. The molecule has 1 fully saturated rings. The van der Waals surface area contributed by atoms with Gasteiger partial charge in [-0.1, -0.05) is 50.1 Å². The van der Waals surface area contributed by atoms with E-state index in [2.05, 4.69) is 29.4 Å². The van der Waals surface area contributed by atoms with Crippen LogP contribution in [0.3, 0.4) is 0 Å². The molecule has 0 aliphatic heterocycles. The summed E-state index contributed by atoms with van der Waals surface area (Å²) in [6, 6.07) is 7.13. The van der Waals surface area contributed by atoms with Crippen molar-refractivity contribution in [2.75, 3.05) is 12.4 Å². The van der Waals surface area contributed by atoms with Crippen LogP contribution in [0.1, 0.15) is 33.1 Å². The Labute approximate surface area is 178 Å². The maximum absolute atomic E-state index is 12.1. The second kappa shape index (κ2) is 10.1. The van der Waals surface area contributed by atoms with Crippen molar-refractivity contribution < 1.29 is 18.7 Å². The van der Waals surface area contributed by atoms with Crippen LogP contribution in [-0.2, 0) is 14.3 Å². The summed E-state index contributed by atoms with van der Waals surface area (Å²) in [7, 11) is 0. The first-order chi connectivity index (χ1) is 13.9. The molecule has 7 nitrogen and oxygen atoms in total. The molecule has 156 valence electrons. The fraction of sp³-hybridized carbons (Fsp3) is 0.500. The lowest BCUT2D eigenvalue weighted by molar-refractivity contribution is -0.146. The number of nitrogens with one attached hydrogen (secondary N) is 1. The highest BCUT2D eigenvalue weighted by Crippen LogP contribution is 2.29. The molecule has 1 aromatic carbocycles. The molecule has 9 heteroatoms. The Morgan fingerprint density at radius 3 is 2.76 bits per heavy atom. The fourth-order valence-corrected chi connectivity index (χ4v) is 4.01. The molecule has 3 unspecified atom stereocenters. The van der Waals surface area contributed by atoms with Gasteiger partial charge in [-0.3, -0.25) is 9.59 Å². The number of aromatic nitrogens is 2. The lowest BCUT2D eigenvalue weighted by Crippen LogP contribution is -2.45. The van der Waals surface area contributed by atoms with Crippen molar-refractivity contribution in [2.45, 2.75) is 44.4 Å². The average molecular weight is 438 g/mol. The lowest BCUT2D eigenvalue weighted by Gasteiger charge is -2.34. The highest BCUT2D eigenvalue weighted by molar-refractivity contribution is 7.99. The summed E-state index contributed by atoms with van der Waals surface area (Å²) in [6.07, 6.45) is 3.26. The zero-order valence-electron chi connectivity index (χ0n) is 16.4. The summed E-state index contributed by atoms with van der Waals surface area (Å²) < 4.78 is 10.6. The SMILES string of the molecule is CC1CCCC(NC(=O)COC(=O)CSc2nnc(-c3ccc(Cl)cc3)o2)C1C. The van der Waals surface area contributed by atoms with E-state index < -0.39 is 5.97 Å². The number of ether oxygens (including phenoxy) is 1. The first-order valence-electron chi connectivity index (χ1n) is 9.59. The molecule has 1 amide bonds. The summed E-state index contributed by atoms with van der Waals surface area (Å²) >= 11 is 6.92. The molecule has 1 aromatic heterocycles. The van der Waals surface area contributed by atoms with E-state index in [4.69, 9.17) is 20.8 Å². The topological polar surface area (TPSA) is 94.3 Å². The van der Waals surface area contributed by atoms with Gasteiger partial charge < -0.3 is 14.5 Å². The van der Waals surface area contributed by atoms with Crippen LogP contribution in [0.15, 0.2) is 33.9 Å². The van der Waals surface area contributed by atoms with E-state index in [1.165, 1.54) is 6.42 Å². The van der Waals surface area contributed by atoms with Crippen LogP contribution in [0, 0.1) is 11.8 Å². The molecule has 1 aliphatic carbocycles. The van der Waals surface area contributed by atoms with Crippen LogP contribution in [0.25, 0.3) is 11.5 Å². The Balaban J connectivity index is 1.40. The molecular formula is C20H24ClN3O4S. The number of benzene rings is 1. The highest BCUT2D eigenvalue weighted by Gasteiger charge is 2.28. The number of hydrogen-bond acceptors (Lipinski definition) is 7. The smallest absolute Gasteiger partial charge is 0.316 e. The van der Waals surface area contributed by atoms with Crippen molar-refractivity contribution in [3.63, 3.8) is 0 Å². The van der Waals surface area contributed by atoms with E-state index in [0.29, 0.717) is 22.7 Å². The number of carbonyl (C=O) groups is 2. The van der Waals surface area contributed by atoms with Crippen LogP contribution in [0.5, 0.6) is 0 Å². The maximum atomic E-state index is 12.1. The van der Waals surface area contributed by atoms with Gasteiger partial charge in [0.1, 0.15) is 5.75 Å². The molecule has 2 aromatic rings. The summed E-state index contributed by atoms with van der Waals surface area (Å²) in [5.74, 6) is 0.546. The van der Waals surface area contributed by atoms with E-state index in [1.807, 2.05) is 0 Å². The zero-order chi connectivity index (χ0) is 20.8. The third-order valence-corrected chi connectivity index (χ3v) is 6.27. The molecule has 1 aliphatic rings. The fourth-order valence-electron chi connectivity index (χ4n) is 3.32. The molecule has 3 rings (SSSR count). The van der Waals surface area contributed by atoms with Gasteiger partial charge in [0.25, 0.3) is 11.1 Å². The molecular weight excluding hydrogens is 414 g/mol. The standard InChI is InChI=1S/C20H24ClN3O4S/c1-12-4-3-5-16(13(12)2)22-17(25)10-27-18(26)11-29-20-24-23-19(28-20)14-6-8-15(21)9-7-14/h6-9,12-13,16H,3-5,10-11H2,1-2H3,(H,22,25). The van der Waals surface area contributed by atoms with Gasteiger partial charge in [0.05, 0.1) is 0 Å². The molecule has 1 heterocycles. The number of amides is 1.